The Kier molecular flexibility index (Phi) is 2.33. The highest BCUT2D eigenvalue weighted by atomic mass is 32.2. The summed E-state index contributed by atoms with van der Waals surface area (Å²) in [5.41, 5.74) is 6.17. The Morgan fingerprint density at radius 3 is 3.00 bits per heavy atom. The van der Waals surface area contributed by atoms with E-state index >= 15 is 0 Å². The molecule has 1 aliphatic heterocycles. The van der Waals surface area contributed by atoms with E-state index in [4.69, 9.17) is 15.7 Å². The highest BCUT2D eigenvalue weighted by Crippen LogP contribution is 2.36. The van der Waals surface area contributed by atoms with E-state index in [2.05, 4.69) is 6.07 Å². The lowest BCUT2D eigenvalue weighted by molar-refractivity contribution is 0.343. The zero-order valence-electron chi connectivity index (χ0n) is 7.36. The van der Waals surface area contributed by atoms with Crippen LogP contribution in [0.4, 0.5) is 0 Å². The standard InChI is InChI=1S/C10H8N2OS/c11-5-10-7(12)6-13-8-3-1-2-4-9(8)14-10/h1-4H,6,12H2. The number of para-hydroxylation sites is 1. The van der Waals surface area contributed by atoms with Gasteiger partial charge in [0.1, 0.15) is 23.3 Å². The van der Waals surface area contributed by atoms with E-state index in [9.17, 15) is 0 Å². The van der Waals surface area contributed by atoms with Crippen molar-refractivity contribution in [3.63, 3.8) is 0 Å². The van der Waals surface area contributed by atoms with E-state index in [1.165, 1.54) is 11.8 Å². The number of nitriles is 1. The molecule has 0 aromatic heterocycles. The number of hydrogen-bond acceptors (Lipinski definition) is 4. The number of nitrogens with zero attached hydrogens (tertiary/aromatic N) is 1. The van der Waals surface area contributed by atoms with Crippen LogP contribution in [-0.2, 0) is 0 Å². The van der Waals surface area contributed by atoms with Crippen LogP contribution in [0.5, 0.6) is 5.75 Å². The van der Waals surface area contributed by atoms with Gasteiger partial charge >= 0.3 is 0 Å². The maximum Gasteiger partial charge on any atom is 0.133 e. The van der Waals surface area contributed by atoms with Crippen LogP contribution in [0.15, 0.2) is 39.8 Å². The summed E-state index contributed by atoms with van der Waals surface area (Å²) in [6.07, 6.45) is 0. The predicted molar refractivity (Wildman–Crippen MR) is 54.6 cm³/mol. The largest absolute Gasteiger partial charge is 0.486 e. The molecule has 1 aliphatic rings. The van der Waals surface area contributed by atoms with Crippen molar-refractivity contribution in [1.29, 1.82) is 5.26 Å². The minimum atomic E-state index is 0.285. The van der Waals surface area contributed by atoms with E-state index in [-0.39, 0.29) is 6.61 Å². The van der Waals surface area contributed by atoms with Gasteiger partial charge in [-0.05, 0) is 12.1 Å². The third-order valence-electron chi connectivity index (χ3n) is 1.84. The number of fused-ring (bicyclic) bond motifs is 1. The molecule has 2 rings (SSSR count). The average molecular weight is 204 g/mol. The maximum absolute atomic E-state index is 8.85. The summed E-state index contributed by atoms with van der Waals surface area (Å²) >= 11 is 1.35. The summed E-state index contributed by atoms with van der Waals surface area (Å²) in [5.74, 6) is 0.783. The molecule has 1 aromatic carbocycles. The molecule has 0 radical (unpaired) electrons. The molecule has 4 heteroatoms. The molecule has 14 heavy (non-hydrogen) atoms. The lowest BCUT2D eigenvalue weighted by atomic mass is 10.3. The Balaban J connectivity index is 2.42. The van der Waals surface area contributed by atoms with Gasteiger partial charge in [0, 0.05) is 0 Å². The van der Waals surface area contributed by atoms with Gasteiger partial charge in [-0.1, -0.05) is 23.9 Å². The fourth-order valence-corrected chi connectivity index (χ4v) is 1.97. The first-order valence-corrected chi connectivity index (χ1v) is 4.91. The van der Waals surface area contributed by atoms with Crippen molar-refractivity contribution in [1.82, 2.24) is 0 Å². The van der Waals surface area contributed by atoms with E-state index in [0.717, 1.165) is 10.6 Å². The number of benzene rings is 1. The van der Waals surface area contributed by atoms with Gasteiger partial charge in [-0.25, -0.2) is 0 Å². The van der Waals surface area contributed by atoms with Gasteiger partial charge in [-0.2, -0.15) is 5.26 Å². The molecule has 0 fully saturated rings. The lowest BCUT2D eigenvalue weighted by Gasteiger charge is -2.04. The van der Waals surface area contributed by atoms with Crippen molar-refractivity contribution in [3.05, 3.63) is 34.9 Å². The van der Waals surface area contributed by atoms with Crippen LogP contribution in [0.1, 0.15) is 0 Å². The van der Waals surface area contributed by atoms with E-state index in [1.807, 2.05) is 24.3 Å². The molecular weight excluding hydrogens is 196 g/mol. The molecule has 0 saturated carbocycles. The van der Waals surface area contributed by atoms with Gasteiger partial charge in [0.25, 0.3) is 0 Å². The quantitative estimate of drug-likeness (QED) is 0.700. The Hall–Kier alpha value is -1.60. The molecule has 0 aliphatic carbocycles. The van der Waals surface area contributed by atoms with Gasteiger partial charge < -0.3 is 10.5 Å². The Morgan fingerprint density at radius 2 is 2.21 bits per heavy atom. The van der Waals surface area contributed by atoms with Gasteiger partial charge in [0.15, 0.2) is 0 Å². The summed E-state index contributed by atoms with van der Waals surface area (Å²) in [6, 6.07) is 9.66. The number of rotatable bonds is 0. The van der Waals surface area contributed by atoms with Crippen LogP contribution in [0.3, 0.4) is 0 Å². The summed E-state index contributed by atoms with van der Waals surface area (Å²) in [4.78, 5) is 1.46. The van der Waals surface area contributed by atoms with Crippen molar-refractivity contribution >= 4 is 11.8 Å². The molecule has 1 heterocycles. The maximum atomic E-state index is 8.85. The Labute approximate surface area is 86.2 Å². The Morgan fingerprint density at radius 1 is 1.43 bits per heavy atom. The lowest BCUT2D eigenvalue weighted by Crippen LogP contribution is -2.09. The van der Waals surface area contributed by atoms with Crippen molar-refractivity contribution in [3.8, 4) is 11.8 Å². The average Bonchev–Trinajstić information content (AvgIpc) is 2.38. The van der Waals surface area contributed by atoms with Crippen LogP contribution in [0.25, 0.3) is 0 Å². The second-order valence-electron chi connectivity index (χ2n) is 2.80. The summed E-state index contributed by atoms with van der Waals surface area (Å²) in [6.45, 7) is 0.285. The molecule has 0 atom stereocenters. The molecule has 0 saturated heterocycles. The van der Waals surface area contributed by atoms with Crippen LogP contribution >= 0.6 is 11.8 Å². The second kappa shape index (κ2) is 3.64. The van der Waals surface area contributed by atoms with Crippen LogP contribution in [0, 0.1) is 11.3 Å². The zero-order chi connectivity index (χ0) is 9.97. The predicted octanol–water partition coefficient (Wildman–Crippen LogP) is 1.86. The molecule has 1 aromatic rings. The second-order valence-corrected chi connectivity index (χ2v) is 3.86. The Bertz CT molecular complexity index is 434. The van der Waals surface area contributed by atoms with Crippen LogP contribution in [0.2, 0.25) is 0 Å². The van der Waals surface area contributed by atoms with Crippen molar-refractivity contribution in [2.24, 2.45) is 5.73 Å². The fraction of sp³-hybridized carbons (Fsp3) is 0.100. The zero-order valence-corrected chi connectivity index (χ0v) is 8.17. The van der Waals surface area contributed by atoms with Crippen LogP contribution < -0.4 is 10.5 Å². The third kappa shape index (κ3) is 1.54. The topological polar surface area (TPSA) is 59.0 Å². The molecular formula is C10H8N2OS. The van der Waals surface area contributed by atoms with E-state index in [1.54, 1.807) is 0 Å². The summed E-state index contributed by atoms with van der Waals surface area (Å²) in [7, 11) is 0. The van der Waals surface area contributed by atoms with E-state index < -0.39 is 0 Å². The molecule has 0 bridgehead atoms. The number of nitrogens with two attached hydrogens (primary N) is 1. The smallest absolute Gasteiger partial charge is 0.133 e. The minimum absolute atomic E-state index is 0.285. The van der Waals surface area contributed by atoms with E-state index in [0.29, 0.717) is 10.6 Å². The monoisotopic (exact) mass is 204 g/mol. The number of allylic oxidation sites excluding steroid dienone is 1. The highest BCUT2D eigenvalue weighted by Gasteiger charge is 2.14. The van der Waals surface area contributed by atoms with Gasteiger partial charge in [0.2, 0.25) is 0 Å². The van der Waals surface area contributed by atoms with Crippen molar-refractivity contribution in [2.45, 2.75) is 4.90 Å². The normalized spacial score (nSPS) is 15.1. The number of hydrogen-bond donors (Lipinski definition) is 1. The third-order valence-corrected chi connectivity index (χ3v) is 2.95. The van der Waals surface area contributed by atoms with Gasteiger partial charge in [-0.15, -0.1) is 0 Å². The van der Waals surface area contributed by atoms with Gasteiger partial charge in [-0.3, -0.25) is 0 Å². The minimum Gasteiger partial charge on any atom is -0.486 e. The highest BCUT2D eigenvalue weighted by molar-refractivity contribution is 8.03. The first kappa shape index (κ1) is 8.97. The first-order valence-electron chi connectivity index (χ1n) is 4.09. The molecule has 2 N–H and O–H groups in total. The molecule has 3 nitrogen and oxygen atoms in total. The summed E-state index contributed by atoms with van der Waals surface area (Å²) in [5, 5.41) is 8.85. The SMILES string of the molecule is N#CC1=C(N)COc2ccccc2S1. The number of ether oxygens (including phenoxy) is 1. The van der Waals surface area contributed by atoms with Crippen LogP contribution in [-0.4, -0.2) is 6.61 Å². The number of thioether (sulfide) groups is 1. The van der Waals surface area contributed by atoms with Crippen molar-refractivity contribution < 1.29 is 4.74 Å². The van der Waals surface area contributed by atoms with Gasteiger partial charge in [0.05, 0.1) is 10.6 Å². The molecule has 0 spiro atoms. The summed E-state index contributed by atoms with van der Waals surface area (Å²) < 4.78 is 5.44. The molecule has 70 valence electrons. The molecule has 0 unspecified atom stereocenters. The van der Waals surface area contributed by atoms with Crippen molar-refractivity contribution in [2.75, 3.05) is 6.61 Å². The fourth-order valence-electron chi connectivity index (χ4n) is 1.14. The first-order chi connectivity index (χ1) is 6.81. The molecule has 0 amide bonds.